The molecule has 0 saturated carbocycles. The maximum Gasteiger partial charge on any atom is 0.0935 e. The maximum atomic E-state index is 5.11. The summed E-state index contributed by atoms with van der Waals surface area (Å²) in [6, 6.07) is 2.29. The first kappa shape index (κ1) is 12.3. The lowest BCUT2D eigenvalue weighted by Crippen LogP contribution is -2.23. The summed E-state index contributed by atoms with van der Waals surface area (Å²) in [4.78, 5) is 1.25. The summed E-state index contributed by atoms with van der Waals surface area (Å²) in [5.74, 6) is 0. The van der Waals surface area contributed by atoms with E-state index in [2.05, 4.69) is 28.8 Å². The molecule has 2 aromatic rings. The molecule has 1 unspecified atom stereocenters. The summed E-state index contributed by atoms with van der Waals surface area (Å²) < 4.78 is 9.17. The molecule has 0 aliphatic rings. The number of rotatable bonds is 6. The van der Waals surface area contributed by atoms with Gasteiger partial charge in [0.1, 0.15) is 0 Å². The Labute approximate surface area is 105 Å². The molecule has 0 spiro atoms. The first-order chi connectivity index (χ1) is 8.35. The van der Waals surface area contributed by atoms with Crippen molar-refractivity contribution in [3.05, 3.63) is 34.7 Å². The van der Waals surface area contributed by atoms with Crippen LogP contribution in [0.1, 0.15) is 36.0 Å². The third-order valence-electron chi connectivity index (χ3n) is 2.71. The van der Waals surface area contributed by atoms with E-state index in [0.29, 0.717) is 0 Å². The van der Waals surface area contributed by atoms with Crippen LogP contribution in [0.25, 0.3) is 0 Å². The Kier molecular flexibility index (Phi) is 4.28. The van der Waals surface area contributed by atoms with Crippen molar-refractivity contribution in [2.24, 2.45) is 0 Å². The van der Waals surface area contributed by atoms with Gasteiger partial charge >= 0.3 is 0 Å². The van der Waals surface area contributed by atoms with Crippen LogP contribution in [0.5, 0.6) is 0 Å². The molecule has 17 heavy (non-hydrogen) atoms. The molecule has 5 heteroatoms. The number of furan rings is 1. The second kappa shape index (κ2) is 5.93. The van der Waals surface area contributed by atoms with Crippen molar-refractivity contribution in [1.82, 2.24) is 14.9 Å². The van der Waals surface area contributed by atoms with E-state index in [9.17, 15) is 0 Å². The van der Waals surface area contributed by atoms with E-state index in [-0.39, 0.29) is 6.04 Å². The Balaban J connectivity index is 2.16. The van der Waals surface area contributed by atoms with Crippen LogP contribution >= 0.6 is 11.5 Å². The van der Waals surface area contributed by atoms with Crippen molar-refractivity contribution >= 4 is 11.5 Å². The van der Waals surface area contributed by atoms with Gasteiger partial charge in [0, 0.05) is 6.04 Å². The summed E-state index contributed by atoms with van der Waals surface area (Å²) in [6.07, 6.45) is 5.36. The average Bonchev–Trinajstić information content (AvgIpc) is 2.98. The van der Waals surface area contributed by atoms with Crippen molar-refractivity contribution in [2.45, 2.75) is 32.7 Å². The van der Waals surface area contributed by atoms with E-state index in [4.69, 9.17) is 4.42 Å². The van der Waals surface area contributed by atoms with Crippen molar-refractivity contribution < 1.29 is 4.42 Å². The maximum absolute atomic E-state index is 5.11. The molecule has 1 N–H and O–H groups in total. The molecule has 0 aromatic carbocycles. The first-order valence-corrected chi connectivity index (χ1v) is 6.68. The van der Waals surface area contributed by atoms with E-state index in [0.717, 1.165) is 25.1 Å². The van der Waals surface area contributed by atoms with E-state index in [1.165, 1.54) is 22.0 Å². The number of aryl methyl sites for hydroxylation is 1. The number of nitrogens with one attached hydrogen (secondary N) is 1. The van der Waals surface area contributed by atoms with Crippen molar-refractivity contribution in [2.75, 3.05) is 6.54 Å². The molecule has 92 valence electrons. The van der Waals surface area contributed by atoms with Gasteiger partial charge < -0.3 is 9.73 Å². The molecule has 0 bridgehead atoms. The molecule has 0 radical (unpaired) electrons. The lowest BCUT2D eigenvalue weighted by atomic mass is 10.1. The number of likely N-dealkylation sites (N-methyl/N-ethyl adjacent to an activating group) is 1. The fourth-order valence-electron chi connectivity index (χ4n) is 1.87. The highest BCUT2D eigenvalue weighted by Gasteiger charge is 2.18. The molecule has 0 aliphatic carbocycles. The van der Waals surface area contributed by atoms with Crippen LogP contribution in [-0.4, -0.2) is 16.1 Å². The zero-order valence-corrected chi connectivity index (χ0v) is 11.0. The molecular formula is C12H17N3OS. The number of aromatic nitrogens is 2. The van der Waals surface area contributed by atoms with Crippen LogP contribution in [0.4, 0.5) is 0 Å². The fourth-order valence-corrected chi connectivity index (χ4v) is 2.69. The largest absolute Gasteiger partial charge is 0.472 e. The highest BCUT2D eigenvalue weighted by Crippen LogP contribution is 2.24. The molecule has 0 saturated heterocycles. The second-order valence-electron chi connectivity index (χ2n) is 3.88. The van der Waals surface area contributed by atoms with Gasteiger partial charge in [-0.1, -0.05) is 18.3 Å². The van der Waals surface area contributed by atoms with Crippen LogP contribution in [0.3, 0.4) is 0 Å². The van der Waals surface area contributed by atoms with Gasteiger partial charge in [-0.3, -0.25) is 0 Å². The van der Waals surface area contributed by atoms with Crippen molar-refractivity contribution in [3.8, 4) is 0 Å². The van der Waals surface area contributed by atoms with Gasteiger partial charge in [0.15, 0.2) is 0 Å². The zero-order valence-electron chi connectivity index (χ0n) is 10.1. The Hall–Kier alpha value is -1.20. The van der Waals surface area contributed by atoms with Crippen LogP contribution in [-0.2, 0) is 12.8 Å². The molecule has 4 nitrogen and oxygen atoms in total. The topological polar surface area (TPSA) is 51.0 Å². The molecule has 2 rings (SSSR count). The van der Waals surface area contributed by atoms with Gasteiger partial charge in [-0.25, -0.2) is 0 Å². The molecule has 0 fully saturated rings. The highest BCUT2D eigenvalue weighted by atomic mass is 32.1. The summed E-state index contributed by atoms with van der Waals surface area (Å²) in [5, 5.41) is 7.66. The van der Waals surface area contributed by atoms with Gasteiger partial charge in [0.25, 0.3) is 0 Å². The zero-order chi connectivity index (χ0) is 12.1. The van der Waals surface area contributed by atoms with Gasteiger partial charge in [-0.15, -0.1) is 5.10 Å². The first-order valence-electron chi connectivity index (χ1n) is 5.90. The molecular weight excluding hydrogens is 234 g/mol. The van der Waals surface area contributed by atoms with Gasteiger partial charge in [0.05, 0.1) is 23.1 Å². The molecule has 2 aromatic heterocycles. The van der Waals surface area contributed by atoms with Crippen LogP contribution in [0.2, 0.25) is 0 Å². The van der Waals surface area contributed by atoms with Crippen LogP contribution < -0.4 is 5.32 Å². The molecule has 1 atom stereocenters. The summed E-state index contributed by atoms with van der Waals surface area (Å²) in [6.45, 7) is 5.16. The predicted molar refractivity (Wildman–Crippen MR) is 68.1 cm³/mol. The number of hydrogen-bond donors (Lipinski definition) is 1. The second-order valence-corrected chi connectivity index (χ2v) is 4.67. The van der Waals surface area contributed by atoms with E-state index >= 15 is 0 Å². The van der Waals surface area contributed by atoms with E-state index in [1.807, 2.05) is 6.07 Å². The van der Waals surface area contributed by atoms with Gasteiger partial charge in [0.2, 0.25) is 0 Å². The van der Waals surface area contributed by atoms with Gasteiger partial charge in [-0.05, 0) is 42.5 Å². The lowest BCUT2D eigenvalue weighted by molar-refractivity contribution is 0.537. The fraction of sp³-hybridized carbons (Fsp3) is 0.500. The van der Waals surface area contributed by atoms with Crippen molar-refractivity contribution in [1.29, 1.82) is 0 Å². The Morgan fingerprint density at radius 2 is 2.35 bits per heavy atom. The molecule has 0 aliphatic heterocycles. The molecule has 2 heterocycles. The Morgan fingerprint density at radius 3 is 3.00 bits per heavy atom. The van der Waals surface area contributed by atoms with Crippen LogP contribution in [0.15, 0.2) is 23.0 Å². The summed E-state index contributed by atoms with van der Waals surface area (Å²) in [7, 11) is 0. The average molecular weight is 251 g/mol. The smallest absolute Gasteiger partial charge is 0.0935 e. The quantitative estimate of drug-likeness (QED) is 0.857. The van der Waals surface area contributed by atoms with Gasteiger partial charge in [-0.2, -0.15) is 0 Å². The summed E-state index contributed by atoms with van der Waals surface area (Å²) in [5.41, 5.74) is 2.30. The third-order valence-corrected chi connectivity index (χ3v) is 3.59. The van der Waals surface area contributed by atoms with Crippen molar-refractivity contribution in [3.63, 3.8) is 0 Å². The Morgan fingerprint density at radius 1 is 1.47 bits per heavy atom. The SMILES string of the molecule is CCNC(Cc1ccoc1)c1snnc1CC. The third kappa shape index (κ3) is 2.92. The standard InChI is InChI=1S/C12H17N3OS/c1-3-10-12(17-15-14-10)11(13-4-2)7-9-5-6-16-8-9/h5-6,8,11,13H,3-4,7H2,1-2H3. The Bertz CT molecular complexity index is 438. The van der Waals surface area contributed by atoms with E-state index < -0.39 is 0 Å². The monoisotopic (exact) mass is 251 g/mol. The lowest BCUT2D eigenvalue weighted by Gasteiger charge is -2.15. The minimum Gasteiger partial charge on any atom is -0.472 e. The normalized spacial score (nSPS) is 12.8. The minimum atomic E-state index is 0.285. The van der Waals surface area contributed by atoms with Crippen LogP contribution in [0, 0.1) is 0 Å². The number of hydrogen-bond acceptors (Lipinski definition) is 5. The summed E-state index contributed by atoms with van der Waals surface area (Å²) >= 11 is 1.49. The minimum absolute atomic E-state index is 0.285. The molecule has 0 amide bonds. The number of nitrogens with zero attached hydrogens (tertiary/aromatic N) is 2. The predicted octanol–water partition coefficient (Wildman–Crippen LogP) is 2.59. The highest BCUT2D eigenvalue weighted by molar-refractivity contribution is 7.05. The van der Waals surface area contributed by atoms with E-state index in [1.54, 1.807) is 12.5 Å².